The van der Waals surface area contributed by atoms with Gasteiger partial charge in [-0.05, 0) is 58.7 Å². The first kappa shape index (κ1) is 25.5. The molecule has 4 rings (SSSR count). The molecule has 12 heteroatoms. The lowest BCUT2D eigenvalue weighted by Crippen LogP contribution is -2.45. The maximum absolute atomic E-state index is 13.0. The van der Waals surface area contributed by atoms with E-state index in [4.69, 9.17) is 17.0 Å². The molecule has 0 radical (unpaired) electrons. The molecule has 188 valence electrons. The SMILES string of the molecule is COc1cccc(-c2cccc(CC3(c4ccc(OS(=O)(=O)C(F)(F)F)cc4)NC(=S)NC3=O)c2)c1. The number of nitrogens with one attached hydrogen (secondary N) is 2. The first-order valence-corrected chi connectivity index (χ1v) is 12.2. The van der Waals surface area contributed by atoms with Crippen molar-refractivity contribution in [2.75, 3.05) is 7.11 Å². The summed E-state index contributed by atoms with van der Waals surface area (Å²) in [5, 5.41) is 5.60. The van der Waals surface area contributed by atoms with Gasteiger partial charge in [-0.2, -0.15) is 21.6 Å². The average Bonchev–Trinajstić information content (AvgIpc) is 3.12. The van der Waals surface area contributed by atoms with E-state index in [2.05, 4.69) is 14.8 Å². The molecule has 2 N–H and O–H groups in total. The van der Waals surface area contributed by atoms with Crippen molar-refractivity contribution in [2.24, 2.45) is 0 Å². The number of halogens is 3. The highest BCUT2D eigenvalue weighted by atomic mass is 32.2. The summed E-state index contributed by atoms with van der Waals surface area (Å²) in [6, 6.07) is 19.7. The number of benzene rings is 3. The van der Waals surface area contributed by atoms with E-state index < -0.39 is 32.8 Å². The van der Waals surface area contributed by atoms with Crippen molar-refractivity contribution in [3.8, 4) is 22.6 Å². The molecular weight excluding hydrogens is 517 g/mol. The van der Waals surface area contributed by atoms with E-state index in [9.17, 15) is 26.4 Å². The maximum Gasteiger partial charge on any atom is 0.534 e. The summed E-state index contributed by atoms with van der Waals surface area (Å²) < 4.78 is 70.0. The van der Waals surface area contributed by atoms with Crippen LogP contribution in [0.4, 0.5) is 13.2 Å². The van der Waals surface area contributed by atoms with Crippen molar-refractivity contribution < 1.29 is 35.3 Å². The number of thiocarbonyl (C=S) groups is 1. The molecule has 1 aliphatic rings. The summed E-state index contributed by atoms with van der Waals surface area (Å²) >= 11 is 5.14. The molecule has 1 unspecified atom stereocenters. The fraction of sp³-hybridized carbons (Fsp3) is 0.167. The molecule has 1 heterocycles. The lowest BCUT2D eigenvalue weighted by atomic mass is 9.83. The Morgan fingerprint density at radius 3 is 2.17 bits per heavy atom. The highest BCUT2D eigenvalue weighted by Gasteiger charge is 2.49. The number of ether oxygens (including phenoxy) is 1. The Labute approximate surface area is 210 Å². The summed E-state index contributed by atoms with van der Waals surface area (Å²) in [6.07, 6.45) is 0.137. The third-order valence-corrected chi connectivity index (χ3v) is 6.76. The van der Waals surface area contributed by atoms with Crippen LogP contribution < -0.4 is 19.6 Å². The number of carbonyl (C=O) groups excluding carboxylic acids is 1. The monoisotopic (exact) mass is 536 g/mol. The first-order chi connectivity index (χ1) is 16.9. The van der Waals surface area contributed by atoms with E-state index in [1.165, 1.54) is 12.1 Å². The molecule has 0 bridgehead atoms. The normalized spacial score (nSPS) is 17.9. The van der Waals surface area contributed by atoms with Gasteiger partial charge in [-0.15, -0.1) is 0 Å². The predicted molar refractivity (Wildman–Crippen MR) is 130 cm³/mol. The third-order valence-electron chi connectivity index (χ3n) is 5.58. The second-order valence-corrected chi connectivity index (χ2v) is 9.88. The van der Waals surface area contributed by atoms with Gasteiger partial charge in [0, 0.05) is 6.42 Å². The van der Waals surface area contributed by atoms with Crippen molar-refractivity contribution in [1.82, 2.24) is 10.6 Å². The van der Waals surface area contributed by atoms with Gasteiger partial charge in [-0.25, -0.2) is 0 Å². The molecule has 3 aromatic rings. The summed E-state index contributed by atoms with van der Waals surface area (Å²) in [7, 11) is -4.26. The first-order valence-electron chi connectivity index (χ1n) is 10.4. The van der Waals surface area contributed by atoms with Gasteiger partial charge in [-0.1, -0.05) is 48.5 Å². The smallest absolute Gasteiger partial charge is 0.497 e. The Hall–Kier alpha value is -3.64. The Morgan fingerprint density at radius 1 is 0.944 bits per heavy atom. The average molecular weight is 537 g/mol. The second kappa shape index (κ2) is 9.43. The van der Waals surface area contributed by atoms with Crippen LogP contribution >= 0.6 is 12.2 Å². The molecule has 1 aliphatic heterocycles. The minimum Gasteiger partial charge on any atom is -0.497 e. The lowest BCUT2D eigenvalue weighted by Gasteiger charge is -2.27. The van der Waals surface area contributed by atoms with E-state index in [1.807, 2.05) is 48.5 Å². The molecule has 1 fully saturated rings. The number of hydrogen-bond acceptors (Lipinski definition) is 6. The van der Waals surface area contributed by atoms with Gasteiger partial charge < -0.3 is 19.6 Å². The zero-order chi connectivity index (χ0) is 26.1. The van der Waals surface area contributed by atoms with Crippen LogP contribution in [0.1, 0.15) is 11.1 Å². The van der Waals surface area contributed by atoms with Gasteiger partial charge in [-0.3, -0.25) is 4.79 Å². The summed E-state index contributed by atoms with van der Waals surface area (Å²) in [6.45, 7) is 0. The molecule has 36 heavy (non-hydrogen) atoms. The Balaban J connectivity index is 1.67. The molecule has 0 aliphatic carbocycles. The number of amides is 1. The van der Waals surface area contributed by atoms with Gasteiger partial charge in [0.1, 0.15) is 17.0 Å². The minimum absolute atomic E-state index is 0.0870. The van der Waals surface area contributed by atoms with Gasteiger partial charge in [0.25, 0.3) is 5.91 Å². The van der Waals surface area contributed by atoms with Crippen molar-refractivity contribution in [3.63, 3.8) is 0 Å². The standard InChI is InChI=1S/C24H19F3N2O5S2/c1-33-20-7-3-6-17(13-20)16-5-2-4-15(12-16)14-23(21(30)28-22(35)29-23)18-8-10-19(11-9-18)34-36(31,32)24(25,26)27/h2-13H,14H2,1H3,(H2,28,29,30,35). The minimum atomic E-state index is -5.83. The summed E-state index contributed by atoms with van der Waals surface area (Å²) in [5.74, 6) is -0.325. The highest BCUT2D eigenvalue weighted by molar-refractivity contribution is 7.88. The fourth-order valence-corrected chi connectivity index (χ4v) is 4.59. The number of alkyl halides is 3. The number of rotatable bonds is 7. The largest absolute Gasteiger partial charge is 0.534 e. The van der Waals surface area contributed by atoms with Crippen molar-refractivity contribution >= 4 is 33.4 Å². The maximum atomic E-state index is 13.0. The van der Waals surface area contributed by atoms with Crippen LogP contribution in [0.25, 0.3) is 11.1 Å². The molecule has 1 amide bonds. The van der Waals surface area contributed by atoms with Crippen LogP contribution in [0.15, 0.2) is 72.8 Å². The Morgan fingerprint density at radius 2 is 1.58 bits per heavy atom. The van der Waals surface area contributed by atoms with E-state index in [0.29, 0.717) is 11.3 Å². The van der Waals surface area contributed by atoms with Gasteiger partial charge in [0.2, 0.25) is 0 Å². The Bertz CT molecular complexity index is 1430. The fourth-order valence-electron chi connectivity index (χ4n) is 3.86. The summed E-state index contributed by atoms with van der Waals surface area (Å²) in [4.78, 5) is 13.0. The van der Waals surface area contributed by atoms with Crippen molar-refractivity contribution in [3.05, 3.63) is 83.9 Å². The quantitative estimate of drug-likeness (QED) is 0.268. The molecule has 7 nitrogen and oxygen atoms in total. The van der Waals surface area contributed by atoms with Gasteiger partial charge in [0.05, 0.1) is 7.11 Å². The second-order valence-electron chi connectivity index (χ2n) is 7.93. The van der Waals surface area contributed by atoms with Crippen LogP contribution in [-0.4, -0.2) is 32.1 Å². The van der Waals surface area contributed by atoms with E-state index in [0.717, 1.165) is 28.8 Å². The molecule has 3 aromatic carbocycles. The number of hydrogen-bond donors (Lipinski definition) is 2. The van der Waals surface area contributed by atoms with E-state index in [-0.39, 0.29) is 11.5 Å². The molecule has 1 atom stereocenters. The molecule has 1 saturated heterocycles. The van der Waals surface area contributed by atoms with Crippen LogP contribution in [0.2, 0.25) is 0 Å². The topological polar surface area (TPSA) is 93.7 Å². The van der Waals surface area contributed by atoms with Crippen molar-refractivity contribution in [2.45, 2.75) is 17.5 Å². The Kier molecular flexibility index (Phi) is 6.67. The predicted octanol–water partition coefficient (Wildman–Crippen LogP) is 4.03. The molecule has 0 aromatic heterocycles. The van der Waals surface area contributed by atoms with E-state index in [1.54, 1.807) is 7.11 Å². The zero-order valence-electron chi connectivity index (χ0n) is 18.6. The highest BCUT2D eigenvalue weighted by Crippen LogP contribution is 2.34. The third kappa shape index (κ3) is 5.00. The van der Waals surface area contributed by atoms with Crippen LogP contribution in [0, 0.1) is 0 Å². The lowest BCUT2D eigenvalue weighted by molar-refractivity contribution is -0.124. The van der Waals surface area contributed by atoms with Crippen molar-refractivity contribution in [1.29, 1.82) is 0 Å². The molecule has 0 spiro atoms. The zero-order valence-corrected chi connectivity index (χ0v) is 20.3. The number of carbonyl (C=O) groups is 1. The van der Waals surface area contributed by atoms with Gasteiger partial charge in [0.15, 0.2) is 5.11 Å². The summed E-state index contributed by atoms with van der Waals surface area (Å²) in [5.41, 5.74) is -4.06. The van der Waals surface area contributed by atoms with E-state index >= 15 is 0 Å². The van der Waals surface area contributed by atoms with Crippen LogP contribution in [-0.2, 0) is 26.9 Å². The van der Waals surface area contributed by atoms with Gasteiger partial charge >= 0.3 is 15.6 Å². The molecule has 0 saturated carbocycles. The van der Waals surface area contributed by atoms with Crippen LogP contribution in [0.3, 0.4) is 0 Å². The molecular formula is C24H19F3N2O5S2. The number of methoxy groups -OCH3 is 1. The van der Waals surface area contributed by atoms with Crippen LogP contribution in [0.5, 0.6) is 11.5 Å².